The van der Waals surface area contributed by atoms with E-state index in [0.29, 0.717) is 28.0 Å². The van der Waals surface area contributed by atoms with Gasteiger partial charge >= 0.3 is 21.9 Å². The summed E-state index contributed by atoms with van der Waals surface area (Å²) in [6, 6.07) is 15.6. The minimum atomic E-state index is -5.61. The first kappa shape index (κ1) is 25.1. The number of nitrogens with zero attached hydrogens (tertiary/aromatic N) is 1. The predicted molar refractivity (Wildman–Crippen MR) is 122 cm³/mol. The highest BCUT2D eigenvalue weighted by Crippen LogP contribution is 2.33. The molecule has 6 nitrogen and oxygen atoms in total. The van der Waals surface area contributed by atoms with Crippen LogP contribution in [0.1, 0.15) is 11.4 Å². The molecule has 4 rings (SSSR count). The summed E-state index contributed by atoms with van der Waals surface area (Å²) in [7, 11) is -5.61. The lowest BCUT2D eigenvalue weighted by atomic mass is 10.0. The molecule has 188 valence electrons. The van der Waals surface area contributed by atoms with Gasteiger partial charge in [-0.05, 0) is 47.5 Å². The molecule has 0 amide bonds. The zero-order valence-corrected chi connectivity index (χ0v) is 18.7. The smallest absolute Gasteiger partial charge is 0.406 e. The van der Waals surface area contributed by atoms with Crippen LogP contribution < -0.4 is 9.46 Å². The molecule has 0 unspecified atom stereocenters. The Kier molecular flexibility index (Phi) is 6.43. The van der Waals surface area contributed by atoms with Crippen molar-refractivity contribution in [1.82, 2.24) is 9.97 Å². The molecule has 2 N–H and O–H groups in total. The normalized spacial score (nSPS) is 12.8. The van der Waals surface area contributed by atoms with Gasteiger partial charge in [-0.1, -0.05) is 42.5 Å². The first-order valence-electron chi connectivity index (χ1n) is 10.0. The van der Waals surface area contributed by atoms with Gasteiger partial charge in [0.05, 0.1) is 16.7 Å². The second-order valence-corrected chi connectivity index (χ2v) is 9.07. The first-order valence-corrected chi connectivity index (χ1v) is 11.5. The highest BCUT2D eigenvalue weighted by molar-refractivity contribution is 7.93. The molecule has 1 heterocycles. The Hall–Kier alpha value is -4.00. The molecule has 4 aromatic rings. The van der Waals surface area contributed by atoms with Gasteiger partial charge in [0.15, 0.2) is 0 Å². The quantitative estimate of drug-likeness (QED) is 0.278. The minimum absolute atomic E-state index is 0.222. The number of fused-ring (bicyclic) bond motifs is 1. The average molecular weight is 527 g/mol. The third-order valence-electron chi connectivity index (χ3n) is 4.83. The topological polar surface area (TPSA) is 84.1 Å². The zero-order chi connectivity index (χ0) is 26.1. The molecule has 0 aliphatic heterocycles. The Bertz CT molecular complexity index is 1530. The lowest BCUT2D eigenvalue weighted by molar-refractivity contribution is -0.274. The summed E-state index contributed by atoms with van der Waals surface area (Å²) in [5.41, 5.74) is -3.43. The van der Waals surface area contributed by atoms with E-state index in [1.54, 1.807) is 41.1 Å². The van der Waals surface area contributed by atoms with Crippen molar-refractivity contribution in [3.05, 3.63) is 78.1 Å². The average Bonchev–Trinajstić information content (AvgIpc) is 3.19. The van der Waals surface area contributed by atoms with Crippen molar-refractivity contribution < 1.29 is 39.5 Å². The van der Waals surface area contributed by atoms with Crippen molar-refractivity contribution in [3.8, 4) is 16.9 Å². The Morgan fingerprint density at radius 2 is 1.58 bits per heavy atom. The summed E-state index contributed by atoms with van der Waals surface area (Å²) in [6.07, 6.45) is -1.59. The summed E-state index contributed by atoms with van der Waals surface area (Å²) in [6.45, 7) is 0. The molecule has 36 heavy (non-hydrogen) atoms. The Morgan fingerprint density at radius 3 is 2.25 bits per heavy atom. The maximum atomic E-state index is 12.8. The molecular formula is C23H15F6N3O3S. The van der Waals surface area contributed by atoms with Gasteiger partial charge in [0.1, 0.15) is 11.6 Å². The van der Waals surface area contributed by atoms with Crippen LogP contribution in [0, 0.1) is 0 Å². The number of alkyl halides is 6. The summed E-state index contributed by atoms with van der Waals surface area (Å²) < 4.78 is 104. The van der Waals surface area contributed by atoms with Crippen molar-refractivity contribution in [2.75, 3.05) is 4.72 Å². The fourth-order valence-electron chi connectivity index (χ4n) is 3.26. The number of aromatic nitrogens is 2. The minimum Gasteiger partial charge on any atom is -0.406 e. The molecule has 0 atom stereocenters. The number of rotatable bonds is 6. The fraction of sp³-hybridized carbons (Fsp3) is 0.0870. The fourth-order valence-corrected chi connectivity index (χ4v) is 3.84. The SMILES string of the molecule is O=S(=O)(Nc1ccccc1-c1ccc2nc(C=Cc3ccc(OC(F)(F)F)cc3)[nH]c2c1)C(F)(F)F. The molecule has 0 aliphatic carbocycles. The number of hydrogen-bond donors (Lipinski definition) is 2. The van der Waals surface area contributed by atoms with Crippen LogP contribution in [0.25, 0.3) is 34.3 Å². The third-order valence-corrected chi connectivity index (χ3v) is 5.93. The third kappa shape index (κ3) is 5.79. The summed E-state index contributed by atoms with van der Waals surface area (Å²) in [5, 5.41) is 0. The molecule has 0 saturated carbocycles. The van der Waals surface area contributed by atoms with Gasteiger partial charge in [0.25, 0.3) is 0 Å². The van der Waals surface area contributed by atoms with E-state index in [0.717, 1.165) is 0 Å². The number of ether oxygens (including phenoxy) is 1. The number of hydrogen-bond acceptors (Lipinski definition) is 4. The van der Waals surface area contributed by atoms with Crippen molar-refractivity contribution in [2.45, 2.75) is 11.9 Å². The molecule has 0 saturated heterocycles. The van der Waals surface area contributed by atoms with Crippen LogP contribution in [0.15, 0.2) is 66.7 Å². The second kappa shape index (κ2) is 9.22. The van der Waals surface area contributed by atoms with Crippen LogP contribution in [0.4, 0.5) is 32.0 Å². The van der Waals surface area contributed by atoms with E-state index in [1.807, 2.05) is 0 Å². The standard InChI is InChI=1S/C23H15F6N3O3S/c24-22(25,26)35-16-9-5-14(6-10-16)7-12-21-30-19-11-8-15(13-20(19)31-21)17-3-1-2-4-18(17)32-36(33,34)23(27,28)29/h1-13,32H,(H,30,31). The molecule has 0 fully saturated rings. The summed E-state index contributed by atoms with van der Waals surface area (Å²) >= 11 is 0. The van der Waals surface area contributed by atoms with Crippen LogP contribution in [0.3, 0.4) is 0 Å². The van der Waals surface area contributed by atoms with Gasteiger partial charge in [-0.15, -0.1) is 13.2 Å². The van der Waals surface area contributed by atoms with Gasteiger partial charge in [0.2, 0.25) is 0 Å². The Labute approximate surface area is 200 Å². The second-order valence-electron chi connectivity index (χ2n) is 7.40. The number of benzene rings is 3. The number of imidazole rings is 1. The van der Waals surface area contributed by atoms with Crippen LogP contribution in [-0.4, -0.2) is 30.3 Å². The Morgan fingerprint density at radius 1 is 0.889 bits per heavy atom. The van der Waals surface area contributed by atoms with Gasteiger partial charge in [0, 0.05) is 5.56 Å². The van der Waals surface area contributed by atoms with Crippen molar-refractivity contribution in [3.63, 3.8) is 0 Å². The molecule has 1 aromatic heterocycles. The zero-order valence-electron chi connectivity index (χ0n) is 17.9. The van der Waals surface area contributed by atoms with E-state index in [2.05, 4.69) is 14.7 Å². The van der Waals surface area contributed by atoms with Crippen LogP contribution in [0.2, 0.25) is 0 Å². The molecule has 0 aliphatic rings. The number of aromatic amines is 1. The van der Waals surface area contributed by atoms with E-state index in [9.17, 15) is 34.8 Å². The molecule has 0 radical (unpaired) electrons. The molecule has 3 aromatic carbocycles. The van der Waals surface area contributed by atoms with Crippen molar-refractivity contribution in [1.29, 1.82) is 0 Å². The van der Waals surface area contributed by atoms with E-state index in [4.69, 9.17) is 0 Å². The largest absolute Gasteiger partial charge is 0.573 e. The number of halogens is 6. The maximum Gasteiger partial charge on any atom is 0.573 e. The van der Waals surface area contributed by atoms with Crippen LogP contribution >= 0.6 is 0 Å². The lowest BCUT2D eigenvalue weighted by Gasteiger charge is -2.14. The molecule has 0 bridgehead atoms. The lowest BCUT2D eigenvalue weighted by Crippen LogP contribution is -2.30. The number of nitrogens with one attached hydrogen (secondary N) is 2. The monoisotopic (exact) mass is 527 g/mol. The van der Waals surface area contributed by atoms with Crippen molar-refractivity contribution >= 4 is 38.9 Å². The first-order chi connectivity index (χ1) is 16.8. The molecular weight excluding hydrogens is 512 g/mol. The van der Waals surface area contributed by atoms with E-state index in [1.165, 1.54) is 42.5 Å². The number of para-hydroxylation sites is 1. The highest BCUT2D eigenvalue weighted by Gasteiger charge is 2.46. The van der Waals surface area contributed by atoms with Crippen LogP contribution in [-0.2, 0) is 10.0 Å². The molecule has 13 heteroatoms. The Balaban J connectivity index is 1.58. The van der Waals surface area contributed by atoms with Gasteiger partial charge in [-0.2, -0.15) is 21.6 Å². The van der Waals surface area contributed by atoms with Gasteiger partial charge in [-0.25, -0.2) is 4.98 Å². The van der Waals surface area contributed by atoms with Gasteiger partial charge in [-0.3, -0.25) is 4.72 Å². The van der Waals surface area contributed by atoms with Crippen molar-refractivity contribution in [2.24, 2.45) is 0 Å². The van der Waals surface area contributed by atoms with E-state index < -0.39 is 21.9 Å². The number of sulfonamides is 1. The summed E-state index contributed by atoms with van der Waals surface area (Å²) in [5.74, 6) is 0.0533. The molecule has 0 spiro atoms. The predicted octanol–water partition coefficient (Wildman–Crippen LogP) is 6.56. The van der Waals surface area contributed by atoms with Crippen LogP contribution in [0.5, 0.6) is 5.75 Å². The number of anilines is 1. The number of H-pyrrole nitrogens is 1. The summed E-state index contributed by atoms with van der Waals surface area (Å²) in [4.78, 5) is 7.39. The van der Waals surface area contributed by atoms with E-state index >= 15 is 0 Å². The van der Waals surface area contributed by atoms with Gasteiger partial charge < -0.3 is 9.72 Å². The van der Waals surface area contributed by atoms with E-state index in [-0.39, 0.29) is 17.0 Å². The highest BCUT2D eigenvalue weighted by atomic mass is 32.2. The maximum absolute atomic E-state index is 12.8.